The monoisotopic (exact) mass is 267 g/mol. The zero-order valence-corrected chi connectivity index (χ0v) is 10.4. The first-order chi connectivity index (χ1) is 8.70. The molecule has 4 nitrogen and oxygen atoms in total. The molecule has 0 aliphatic rings. The normalized spacial score (nSPS) is 10.2. The molecule has 0 amide bonds. The summed E-state index contributed by atoms with van der Waals surface area (Å²) in [6.07, 6.45) is 1.41. The Balaban J connectivity index is 2.28. The Morgan fingerprint density at radius 3 is 2.89 bits per heavy atom. The zero-order chi connectivity index (χ0) is 13.0. The second-order valence-electron chi connectivity index (χ2n) is 3.41. The Morgan fingerprint density at radius 1 is 1.39 bits per heavy atom. The number of benzene rings is 1. The van der Waals surface area contributed by atoms with Gasteiger partial charge >= 0.3 is 0 Å². The number of halogens is 2. The van der Waals surface area contributed by atoms with Crippen molar-refractivity contribution >= 4 is 17.5 Å². The van der Waals surface area contributed by atoms with Gasteiger partial charge in [0.05, 0.1) is 6.20 Å². The summed E-state index contributed by atoms with van der Waals surface area (Å²) in [5.41, 5.74) is 0. The molecule has 94 valence electrons. The number of hydrogen-bond acceptors (Lipinski definition) is 4. The van der Waals surface area contributed by atoms with E-state index >= 15 is 0 Å². The number of nitrogens with zero attached hydrogens (tertiary/aromatic N) is 2. The molecule has 6 heteroatoms. The van der Waals surface area contributed by atoms with Crippen molar-refractivity contribution in [1.82, 2.24) is 9.97 Å². The van der Waals surface area contributed by atoms with Crippen LogP contribution in [-0.2, 0) is 0 Å². The van der Waals surface area contributed by atoms with E-state index in [0.717, 1.165) is 0 Å². The fourth-order valence-electron chi connectivity index (χ4n) is 1.30. The molecule has 0 aliphatic carbocycles. The predicted octanol–water partition coefficient (Wildman–Crippen LogP) is 3.49. The number of rotatable bonds is 4. The van der Waals surface area contributed by atoms with Crippen LogP contribution in [0.25, 0.3) is 0 Å². The molecule has 0 unspecified atom stereocenters. The SMILES string of the molecule is CCNc1ncc(Cl)c(Oc2ccccc2F)n1. The Bertz CT molecular complexity index is 551. The van der Waals surface area contributed by atoms with Gasteiger partial charge in [0.25, 0.3) is 0 Å². The molecule has 0 fully saturated rings. The van der Waals surface area contributed by atoms with Gasteiger partial charge in [0.15, 0.2) is 11.6 Å². The van der Waals surface area contributed by atoms with Crippen molar-refractivity contribution in [1.29, 1.82) is 0 Å². The zero-order valence-electron chi connectivity index (χ0n) is 9.65. The highest BCUT2D eigenvalue weighted by atomic mass is 35.5. The Kier molecular flexibility index (Phi) is 3.94. The quantitative estimate of drug-likeness (QED) is 0.921. The van der Waals surface area contributed by atoms with E-state index in [4.69, 9.17) is 16.3 Å². The van der Waals surface area contributed by atoms with Gasteiger partial charge in [0.1, 0.15) is 5.02 Å². The van der Waals surface area contributed by atoms with Crippen molar-refractivity contribution in [3.63, 3.8) is 0 Å². The van der Waals surface area contributed by atoms with Gasteiger partial charge in [-0.3, -0.25) is 0 Å². The van der Waals surface area contributed by atoms with E-state index in [1.807, 2.05) is 6.92 Å². The maximum atomic E-state index is 13.4. The van der Waals surface area contributed by atoms with Crippen LogP contribution < -0.4 is 10.1 Å². The minimum Gasteiger partial charge on any atom is -0.434 e. The topological polar surface area (TPSA) is 47.0 Å². The number of para-hydroxylation sites is 1. The van der Waals surface area contributed by atoms with Gasteiger partial charge in [0.2, 0.25) is 11.8 Å². The lowest BCUT2D eigenvalue weighted by atomic mass is 10.3. The number of ether oxygens (including phenoxy) is 1. The summed E-state index contributed by atoms with van der Waals surface area (Å²) in [6, 6.07) is 6.04. The highest BCUT2D eigenvalue weighted by Gasteiger charge is 2.10. The van der Waals surface area contributed by atoms with E-state index in [9.17, 15) is 4.39 Å². The third kappa shape index (κ3) is 2.87. The van der Waals surface area contributed by atoms with Crippen LogP contribution in [0.4, 0.5) is 10.3 Å². The molecule has 0 radical (unpaired) electrons. The summed E-state index contributed by atoms with van der Waals surface area (Å²) in [5.74, 6) is 0.0960. The van der Waals surface area contributed by atoms with Crippen molar-refractivity contribution in [2.75, 3.05) is 11.9 Å². The lowest BCUT2D eigenvalue weighted by Gasteiger charge is -2.08. The van der Waals surface area contributed by atoms with Crippen molar-refractivity contribution in [3.05, 3.63) is 41.3 Å². The summed E-state index contributed by atoms with van der Waals surface area (Å²) in [4.78, 5) is 8.02. The third-order valence-electron chi connectivity index (χ3n) is 2.09. The summed E-state index contributed by atoms with van der Waals surface area (Å²) >= 11 is 5.90. The fraction of sp³-hybridized carbons (Fsp3) is 0.167. The van der Waals surface area contributed by atoms with Crippen molar-refractivity contribution in [3.8, 4) is 11.6 Å². The van der Waals surface area contributed by atoms with Gasteiger partial charge in [-0.05, 0) is 19.1 Å². The molecule has 0 saturated carbocycles. The molecular weight excluding hydrogens is 257 g/mol. The van der Waals surface area contributed by atoms with Crippen LogP contribution in [-0.4, -0.2) is 16.5 Å². The smallest absolute Gasteiger partial charge is 0.243 e. The van der Waals surface area contributed by atoms with Crippen LogP contribution in [0.2, 0.25) is 5.02 Å². The van der Waals surface area contributed by atoms with Gasteiger partial charge in [-0.1, -0.05) is 23.7 Å². The first-order valence-corrected chi connectivity index (χ1v) is 5.77. The van der Waals surface area contributed by atoms with Crippen molar-refractivity contribution in [2.45, 2.75) is 6.92 Å². The summed E-state index contributed by atoms with van der Waals surface area (Å²) in [6.45, 7) is 2.58. The average Bonchev–Trinajstić information content (AvgIpc) is 2.36. The maximum absolute atomic E-state index is 13.4. The first-order valence-electron chi connectivity index (χ1n) is 5.39. The third-order valence-corrected chi connectivity index (χ3v) is 2.35. The fourth-order valence-corrected chi connectivity index (χ4v) is 1.43. The Hall–Kier alpha value is -1.88. The number of anilines is 1. The van der Waals surface area contributed by atoms with E-state index in [-0.39, 0.29) is 16.7 Å². The second-order valence-corrected chi connectivity index (χ2v) is 3.82. The van der Waals surface area contributed by atoms with E-state index in [0.29, 0.717) is 12.5 Å². The van der Waals surface area contributed by atoms with E-state index in [1.54, 1.807) is 12.1 Å². The molecule has 1 aromatic carbocycles. The second kappa shape index (κ2) is 5.64. The number of nitrogens with one attached hydrogen (secondary N) is 1. The molecule has 1 heterocycles. The molecular formula is C12H11ClFN3O. The first kappa shape index (κ1) is 12.6. The maximum Gasteiger partial charge on any atom is 0.243 e. The van der Waals surface area contributed by atoms with Crippen molar-refractivity contribution in [2.24, 2.45) is 0 Å². The molecule has 2 aromatic rings. The Morgan fingerprint density at radius 2 is 2.17 bits per heavy atom. The standard InChI is InChI=1S/C12H11ClFN3O/c1-2-15-12-16-7-8(13)11(17-12)18-10-6-4-3-5-9(10)14/h3-7H,2H2,1H3,(H,15,16,17). The highest BCUT2D eigenvalue weighted by molar-refractivity contribution is 6.31. The number of aromatic nitrogens is 2. The van der Waals surface area contributed by atoms with Crippen molar-refractivity contribution < 1.29 is 9.13 Å². The summed E-state index contributed by atoms with van der Waals surface area (Å²) < 4.78 is 18.8. The molecule has 2 rings (SSSR count). The van der Waals surface area contributed by atoms with E-state index in [2.05, 4.69) is 15.3 Å². The lowest BCUT2D eigenvalue weighted by Crippen LogP contribution is -2.03. The van der Waals surface area contributed by atoms with Gasteiger partial charge in [0, 0.05) is 6.54 Å². The van der Waals surface area contributed by atoms with Crippen LogP contribution in [0, 0.1) is 5.82 Å². The molecule has 0 aliphatic heterocycles. The van der Waals surface area contributed by atoms with E-state index < -0.39 is 5.82 Å². The van der Waals surface area contributed by atoms with Crippen LogP contribution in [0.15, 0.2) is 30.5 Å². The van der Waals surface area contributed by atoms with Gasteiger partial charge in [-0.15, -0.1) is 0 Å². The van der Waals surface area contributed by atoms with Gasteiger partial charge < -0.3 is 10.1 Å². The lowest BCUT2D eigenvalue weighted by molar-refractivity contribution is 0.427. The minimum atomic E-state index is -0.475. The number of hydrogen-bond donors (Lipinski definition) is 1. The van der Waals surface area contributed by atoms with Gasteiger partial charge in [-0.2, -0.15) is 4.98 Å². The van der Waals surface area contributed by atoms with Crippen LogP contribution in [0.1, 0.15) is 6.92 Å². The molecule has 0 spiro atoms. The van der Waals surface area contributed by atoms with Crippen LogP contribution in [0.3, 0.4) is 0 Å². The Labute approximate surface area is 109 Å². The van der Waals surface area contributed by atoms with Crippen LogP contribution in [0.5, 0.6) is 11.6 Å². The van der Waals surface area contributed by atoms with Gasteiger partial charge in [-0.25, -0.2) is 9.37 Å². The predicted molar refractivity (Wildman–Crippen MR) is 67.7 cm³/mol. The molecule has 1 aromatic heterocycles. The molecule has 1 N–H and O–H groups in total. The van der Waals surface area contributed by atoms with E-state index in [1.165, 1.54) is 18.3 Å². The van der Waals surface area contributed by atoms with Crippen LogP contribution >= 0.6 is 11.6 Å². The summed E-state index contributed by atoms with van der Waals surface area (Å²) in [7, 11) is 0. The molecule has 0 bridgehead atoms. The minimum absolute atomic E-state index is 0.0700. The largest absolute Gasteiger partial charge is 0.434 e. The highest BCUT2D eigenvalue weighted by Crippen LogP contribution is 2.28. The average molecular weight is 268 g/mol. The molecule has 18 heavy (non-hydrogen) atoms. The molecule has 0 atom stereocenters. The summed E-state index contributed by atoms with van der Waals surface area (Å²) in [5, 5.41) is 3.14. The molecule has 0 saturated heterocycles.